The lowest BCUT2D eigenvalue weighted by molar-refractivity contribution is -0.143. The van der Waals surface area contributed by atoms with Crippen molar-refractivity contribution in [3.05, 3.63) is 86.5 Å². The molecular formula is C69H108O9S3. The second-order valence-electron chi connectivity index (χ2n) is 29.2. The molecule has 0 aliphatic heterocycles. The van der Waals surface area contributed by atoms with Crippen LogP contribution in [0.5, 0.6) is 17.2 Å². The monoisotopic (exact) mass is 1180 g/mol. The van der Waals surface area contributed by atoms with Gasteiger partial charge >= 0.3 is 17.9 Å². The van der Waals surface area contributed by atoms with Gasteiger partial charge in [-0.05, 0) is 169 Å². The van der Waals surface area contributed by atoms with Crippen molar-refractivity contribution in [3.63, 3.8) is 0 Å². The average molecular weight is 1180 g/mol. The van der Waals surface area contributed by atoms with E-state index in [9.17, 15) is 29.7 Å². The minimum absolute atomic E-state index is 0.184. The number of phenolic OH excluding ortho intramolecular Hbond substituents is 3. The fourth-order valence-electron chi connectivity index (χ4n) is 11.0. The molecule has 0 spiro atoms. The van der Waals surface area contributed by atoms with E-state index in [0.29, 0.717) is 93.3 Å². The molecule has 9 nitrogen and oxygen atoms in total. The summed E-state index contributed by atoms with van der Waals surface area (Å²) in [5.74, 6) is 7.83. The first kappa shape index (κ1) is 70.0. The van der Waals surface area contributed by atoms with Gasteiger partial charge in [0.2, 0.25) is 0 Å². The summed E-state index contributed by atoms with van der Waals surface area (Å²) in [5.41, 5.74) is 7.20. The minimum atomic E-state index is -0.229. The molecule has 1 fully saturated rings. The molecule has 1 aliphatic rings. The zero-order chi connectivity index (χ0) is 60.7. The lowest BCUT2D eigenvalue weighted by Gasteiger charge is -2.36. The molecule has 12 heteroatoms. The van der Waals surface area contributed by atoms with Gasteiger partial charge in [-0.25, -0.2) is 0 Å². The third-order valence-corrected chi connectivity index (χ3v) is 18.8. The highest BCUT2D eigenvalue weighted by Crippen LogP contribution is 2.44. The highest BCUT2D eigenvalue weighted by molar-refractivity contribution is 7.99. The smallest absolute Gasteiger partial charge is 0.306 e. The second-order valence-corrected chi connectivity index (χ2v) is 32.9. The van der Waals surface area contributed by atoms with E-state index in [-0.39, 0.29) is 50.4 Å². The van der Waals surface area contributed by atoms with Crippen LogP contribution in [0.4, 0.5) is 0 Å². The highest BCUT2D eigenvalue weighted by atomic mass is 32.2. The third-order valence-electron chi connectivity index (χ3n) is 15.9. The number of rotatable bonds is 27. The number of thioether (sulfide) groups is 3. The summed E-state index contributed by atoms with van der Waals surface area (Å²) in [6.07, 6.45) is 9.70. The number of aryl methyl sites for hydroxylation is 3. The summed E-state index contributed by atoms with van der Waals surface area (Å²) in [5, 5.41) is 33.4. The van der Waals surface area contributed by atoms with E-state index in [4.69, 9.17) is 14.2 Å². The standard InChI is InChI=1S/C69H108O9S3/c1-64(2,3)52-40-47(41-53(61(52)73)65(4,5)6)20-24-58(70)76-30-36-79-33-27-46-19-23-50(28-34-80-37-31-77-59(71)25-21-48-42-54(66(7,8)9)62(74)55(43-48)67(10,11)12)51(39-46)29-35-81-38-32-78-60(72)26-22-49-44-56(68(13,14)15)63(75)57(45-49)69(16,17)18/h40-46,50-51,73-75H,19-39H2,1-18H3. The fourth-order valence-corrected chi connectivity index (χ4v) is 13.6. The molecule has 456 valence electrons. The number of phenols is 3. The van der Waals surface area contributed by atoms with Crippen molar-refractivity contribution in [1.82, 2.24) is 0 Å². The van der Waals surface area contributed by atoms with Crippen molar-refractivity contribution in [3.8, 4) is 17.2 Å². The van der Waals surface area contributed by atoms with Crippen LogP contribution in [0.3, 0.4) is 0 Å². The number of hydrogen-bond donors (Lipinski definition) is 3. The van der Waals surface area contributed by atoms with Gasteiger partial charge in [-0.15, -0.1) is 0 Å². The zero-order valence-electron chi connectivity index (χ0n) is 53.6. The van der Waals surface area contributed by atoms with Crippen molar-refractivity contribution in [2.24, 2.45) is 17.8 Å². The second kappa shape index (κ2) is 30.6. The number of benzene rings is 3. The van der Waals surface area contributed by atoms with Crippen molar-refractivity contribution in [2.75, 3.05) is 54.3 Å². The molecule has 4 rings (SSSR count). The van der Waals surface area contributed by atoms with Gasteiger partial charge in [0, 0.05) is 36.5 Å². The zero-order valence-corrected chi connectivity index (χ0v) is 56.0. The molecule has 0 radical (unpaired) electrons. The summed E-state index contributed by atoms with van der Waals surface area (Å²) < 4.78 is 17.2. The summed E-state index contributed by atoms with van der Waals surface area (Å²) in [7, 11) is 0. The fraction of sp³-hybridized carbons (Fsp3) is 0.696. The summed E-state index contributed by atoms with van der Waals surface area (Å²) in [4.78, 5) is 38.8. The van der Waals surface area contributed by atoms with E-state index < -0.39 is 0 Å². The number of carbonyl (C=O) groups excluding carboxylic acids is 3. The summed E-state index contributed by atoms with van der Waals surface area (Å²) in [6.45, 7) is 39.0. The largest absolute Gasteiger partial charge is 0.507 e. The lowest BCUT2D eigenvalue weighted by Crippen LogP contribution is -2.26. The Morgan fingerprint density at radius 2 is 0.654 bits per heavy atom. The molecule has 1 aliphatic carbocycles. The van der Waals surface area contributed by atoms with Crippen molar-refractivity contribution < 1.29 is 43.9 Å². The van der Waals surface area contributed by atoms with Crippen LogP contribution in [0.2, 0.25) is 0 Å². The normalized spacial score (nSPS) is 16.6. The van der Waals surface area contributed by atoms with Gasteiger partial charge < -0.3 is 29.5 Å². The van der Waals surface area contributed by atoms with Crippen LogP contribution in [0.25, 0.3) is 0 Å². The predicted molar refractivity (Wildman–Crippen MR) is 345 cm³/mol. The van der Waals surface area contributed by atoms with E-state index in [1.807, 2.05) is 71.7 Å². The first-order valence-electron chi connectivity index (χ1n) is 30.3. The van der Waals surface area contributed by atoms with Gasteiger partial charge in [-0.1, -0.05) is 167 Å². The molecule has 0 bridgehead atoms. The van der Waals surface area contributed by atoms with Crippen LogP contribution in [0.15, 0.2) is 36.4 Å². The van der Waals surface area contributed by atoms with Crippen LogP contribution in [-0.2, 0) is 80.3 Å². The Bertz CT molecular complexity index is 2400. The van der Waals surface area contributed by atoms with Gasteiger partial charge in [-0.3, -0.25) is 14.4 Å². The minimum Gasteiger partial charge on any atom is -0.507 e. The van der Waals surface area contributed by atoms with Gasteiger partial charge in [0.15, 0.2) is 0 Å². The Morgan fingerprint density at radius 1 is 0.395 bits per heavy atom. The van der Waals surface area contributed by atoms with E-state index in [2.05, 4.69) is 125 Å². The van der Waals surface area contributed by atoms with E-state index >= 15 is 0 Å². The SMILES string of the molecule is CC(C)(C)c1cc(CCC(=O)OCCSCCC2CCC(CCSCCOC(=O)CCc3cc(C(C)(C)C)c(O)c(C(C)(C)C)c3)C(CCSCCOC(=O)CCc3cc(C(C)(C)C)c(O)c(C(C)(C)C)c3)C2)cc(C(C)(C)C)c1O. The predicted octanol–water partition coefficient (Wildman–Crippen LogP) is 16.8. The first-order chi connectivity index (χ1) is 37.5. The molecule has 3 unspecified atom stereocenters. The van der Waals surface area contributed by atoms with Crippen LogP contribution >= 0.6 is 35.3 Å². The van der Waals surface area contributed by atoms with Crippen molar-refractivity contribution >= 4 is 53.2 Å². The van der Waals surface area contributed by atoms with E-state index in [1.54, 1.807) is 0 Å². The number of ether oxygens (including phenoxy) is 3. The van der Waals surface area contributed by atoms with Gasteiger partial charge in [-0.2, -0.15) is 35.3 Å². The molecule has 3 aromatic carbocycles. The first-order valence-corrected chi connectivity index (χ1v) is 33.7. The third kappa shape index (κ3) is 23.1. The van der Waals surface area contributed by atoms with E-state index in [1.165, 1.54) is 19.3 Å². The van der Waals surface area contributed by atoms with Crippen LogP contribution in [0.1, 0.15) is 232 Å². The molecule has 0 heterocycles. The maximum atomic E-state index is 13.0. The molecule has 3 aromatic rings. The Kier molecular flexibility index (Phi) is 26.4. The highest BCUT2D eigenvalue weighted by Gasteiger charge is 2.32. The Morgan fingerprint density at radius 3 is 0.926 bits per heavy atom. The Labute approximate surface area is 504 Å². The van der Waals surface area contributed by atoms with Crippen LogP contribution < -0.4 is 0 Å². The quantitative estimate of drug-likeness (QED) is 0.0380. The topological polar surface area (TPSA) is 140 Å². The maximum absolute atomic E-state index is 13.0. The number of carbonyl (C=O) groups is 3. The van der Waals surface area contributed by atoms with E-state index in [0.717, 1.165) is 104 Å². The van der Waals surface area contributed by atoms with Crippen molar-refractivity contribution in [1.29, 1.82) is 0 Å². The number of esters is 3. The van der Waals surface area contributed by atoms with Gasteiger partial charge in [0.1, 0.15) is 37.1 Å². The molecule has 0 saturated heterocycles. The number of aromatic hydroxyl groups is 3. The summed E-state index contributed by atoms with van der Waals surface area (Å²) >= 11 is 5.61. The molecule has 81 heavy (non-hydrogen) atoms. The molecule has 3 atom stereocenters. The summed E-state index contributed by atoms with van der Waals surface area (Å²) in [6, 6.07) is 12.3. The molecule has 0 aromatic heterocycles. The molecule has 0 amide bonds. The molecule has 3 N–H and O–H groups in total. The van der Waals surface area contributed by atoms with Gasteiger partial charge in [0.05, 0.1) is 0 Å². The Balaban J connectivity index is 1.24. The lowest BCUT2D eigenvalue weighted by atomic mass is 9.71. The number of hydrogen-bond acceptors (Lipinski definition) is 12. The van der Waals surface area contributed by atoms with Crippen LogP contribution in [-0.4, -0.2) is 87.6 Å². The van der Waals surface area contributed by atoms with Crippen LogP contribution in [0, 0.1) is 17.8 Å². The average Bonchev–Trinajstić information content (AvgIpc) is 3.37. The molecule has 1 saturated carbocycles. The van der Waals surface area contributed by atoms with Crippen molar-refractivity contribution in [2.45, 2.75) is 234 Å². The Hall–Kier alpha value is -3.48. The molecular weight excluding hydrogens is 1070 g/mol. The maximum Gasteiger partial charge on any atom is 0.306 e. The van der Waals surface area contributed by atoms with Gasteiger partial charge in [0.25, 0.3) is 0 Å².